The molecule has 1 aromatic carbocycles. The fraction of sp³-hybridized carbons (Fsp3) is 0.486. The van der Waals surface area contributed by atoms with Crippen molar-refractivity contribution in [2.45, 2.75) is 68.9 Å². The first-order valence-corrected chi connectivity index (χ1v) is 16.5. The predicted molar refractivity (Wildman–Crippen MR) is 170 cm³/mol. The molecule has 7 heterocycles. The highest BCUT2D eigenvalue weighted by molar-refractivity contribution is 6.06. The highest BCUT2D eigenvalue weighted by Crippen LogP contribution is 2.65. The summed E-state index contributed by atoms with van der Waals surface area (Å²) in [4.78, 5) is 23.6. The Hall–Kier alpha value is -4.22. The average Bonchev–Trinajstić information content (AvgIpc) is 3.49. The number of hydrogen-bond acceptors (Lipinski definition) is 7. The summed E-state index contributed by atoms with van der Waals surface area (Å²) >= 11 is 0. The van der Waals surface area contributed by atoms with Crippen molar-refractivity contribution in [3.63, 3.8) is 0 Å². The molecule has 2 saturated heterocycles. The van der Waals surface area contributed by atoms with Crippen molar-refractivity contribution in [3.05, 3.63) is 54.1 Å². The van der Waals surface area contributed by atoms with Gasteiger partial charge in [0, 0.05) is 79.0 Å². The second-order valence-electron chi connectivity index (χ2n) is 14.4. The predicted octanol–water partition coefficient (Wildman–Crippen LogP) is 5.58. The number of nitrogens with zero attached hydrogens (tertiary/aromatic N) is 6. The van der Waals surface area contributed by atoms with E-state index in [2.05, 4.69) is 33.4 Å². The largest absolute Gasteiger partial charge is 0.443 e. The molecule has 11 heteroatoms. The number of pyridine rings is 1. The Bertz CT molecular complexity index is 2050. The second-order valence-corrected chi connectivity index (χ2v) is 14.4. The van der Waals surface area contributed by atoms with Gasteiger partial charge >= 0.3 is 6.09 Å². The Morgan fingerprint density at radius 1 is 1.02 bits per heavy atom. The number of aromatic amines is 1. The first-order valence-electron chi connectivity index (χ1n) is 16.5. The van der Waals surface area contributed by atoms with Crippen LogP contribution in [0.15, 0.2) is 43.0 Å². The Morgan fingerprint density at radius 3 is 2.65 bits per heavy atom. The zero-order valence-corrected chi connectivity index (χ0v) is 26.2. The molecule has 2 saturated carbocycles. The quantitative estimate of drug-likeness (QED) is 0.281. The standard InChI is InChI=1S/C35H37N7O4/c1-40-17-23(16-37-40)30-27(21-3-4-25-22(13-21)15-38-41(25)2)28-29-24(14-36-31(28)39-30)18-45-35(29)19-33(20-35)8-10-42(11-9-33)32(43)46-26-5-12-44-34(26)6-7-34/h3-4,13-17,26H,5-12,18-20H2,1-2H3,(H,36,39)/t26-/m1/s1. The fourth-order valence-corrected chi connectivity index (χ4v) is 9.12. The molecule has 11 nitrogen and oxygen atoms in total. The van der Waals surface area contributed by atoms with Gasteiger partial charge in [-0.15, -0.1) is 0 Å². The number of fused-ring (bicyclic) bond motifs is 5. The third-order valence-electron chi connectivity index (χ3n) is 11.6. The van der Waals surface area contributed by atoms with E-state index >= 15 is 0 Å². The van der Waals surface area contributed by atoms with E-state index in [-0.39, 0.29) is 28.8 Å². The van der Waals surface area contributed by atoms with Crippen LogP contribution >= 0.6 is 0 Å². The maximum atomic E-state index is 13.1. The van der Waals surface area contributed by atoms with E-state index in [1.54, 1.807) is 0 Å². The molecule has 46 heavy (non-hydrogen) atoms. The summed E-state index contributed by atoms with van der Waals surface area (Å²) in [6.45, 7) is 2.70. The number of nitrogens with one attached hydrogen (secondary N) is 1. The lowest BCUT2D eigenvalue weighted by Crippen LogP contribution is -2.55. The van der Waals surface area contributed by atoms with Crippen LogP contribution in [0.5, 0.6) is 0 Å². The van der Waals surface area contributed by atoms with E-state index in [1.165, 1.54) is 5.56 Å². The number of H-pyrrole nitrogens is 1. The number of aryl methyl sites for hydroxylation is 2. The molecular weight excluding hydrogens is 582 g/mol. The highest BCUT2D eigenvalue weighted by atomic mass is 16.6. The van der Waals surface area contributed by atoms with E-state index in [0.717, 1.165) is 108 Å². The van der Waals surface area contributed by atoms with Crippen molar-refractivity contribution in [3.8, 4) is 22.4 Å². The molecule has 3 aliphatic heterocycles. The van der Waals surface area contributed by atoms with Crippen molar-refractivity contribution < 1.29 is 19.0 Å². The maximum Gasteiger partial charge on any atom is 0.410 e. The second kappa shape index (κ2) is 9.19. The zero-order chi connectivity index (χ0) is 30.8. The van der Waals surface area contributed by atoms with E-state index < -0.39 is 0 Å². The summed E-state index contributed by atoms with van der Waals surface area (Å²) in [6.07, 6.45) is 14.2. The number of likely N-dealkylation sites (tertiary alicyclic amines) is 1. The number of rotatable bonds is 3. The van der Waals surface area contributed by atoms with Crippen LogP contribution < -0.4 is 0 Å². The molecule has 0 radical (unpaired) electrons. The van der Waals surface area contributed by atoms with Gasteiger partial charge in [-0.25, -0.2) is 9.78 Å². The lowest BCUT2D eigenvalue weighted by Gasteiger charge is -2.57. The number of piperidine rings is 1. The van der Waals surface area contributed by atoms with Crippen LogP contribution in [0.4, 0.5) is 4.79 Å². The number of amides is 1. The lowest BCUT2D eigenvalue weighted by molar-refractivity contribution is -0.181. The van der Waals surface area contributed by atoms with Gasteiger partial charge < -0.3 is 24.1 Å². The van der Waals surface area contributed by atoms with Gasteiger partial charge in [0.2, 0.25) is 0 Å². The Kier molecular flexibility index (Phi) is 5.39. The molecule has 10 rings (SSSR count). The number of aromatic nitrogens is 6. The summed E-state index contributed by atoms with van der Waals surface area (Å²) < 4.78 is 22.4. The molecule has 3 spiro atoms. The third kappa shape index (κ3) is 3.78. The van der Waals surface area contributed by atoms with Gasteiger partial charge in [0.05, 0.1) is 42.4 Å². The van der Waals surface area contributed by atoms with Crippen LogP contribution in [-0.2, 0) is 40.5 Å². The molecule has 1 N–H and O–H groups in total. The summed E-state index contributed by atoms with van der Waals surface area (Å²) in [5.74, 6) is 0. The maximum absolute atomic E-state index is 13.1. The molecule has 5 aromatic rings. The summed E-state index contributed by atoms with van der Waals surface area (Å²) in [5.41, 5.74) is 8.28. The monoisotopic (exact) mass is 619 g/mol. The third-order valence-corrected chi connectivity index (χ3v) is 11.6. The minimum Gasteiger partial charge on any atom is -0.443 e. The van der Waals surface area contributed by atoms with Crippen LogP contribution in [0.2, 0.25) is 0 Å². The molecule has 5 aliphatic rings. The highest BCUT2D eigenvalue weighted by Gasteiger charge is 2.61. The summed E-state index contributed by atoms with van der Waals surface area (Å²) in [6, 6.07) is 6.56. The molecule has 4 fully saturated rings. The van der Waals surface area contributed by atoms with Gasteiger partial charge in [0.1, 0.15) is 17.4 Å². The van der Waals surface area contributed by atoms with E-state index in [4.69, 9.17) is 19.2 Å². The van der Waals surface area contributed by atoms with Gasteiger partial charge in [-0.05, 0) is 61.6 Å². The SMILES string of the molecule is Cn1cc(-c2[nH]c3ncc4c(c3c2-c2ccc3c(cnn3C)c2)C2(CC3(CCN(C(=O)O[C@@H]5CCOC56CC6)CC3)C2)OC4)cn1. The van der Waals surface area contributed by atoms with Crippen LogP contribution in [0.1, 0.15) is 56.1 Å². The van der Waals surface area contributed by atoms with Crippen molar-refractivity contribution in [2.24, 2.45) is 19.5 Å². The smallest absolute Gasteiger partial charge is 0.410 e. The molecular formula is C35H37N7O4. The summed E-state index contributed by atoms with van der Waals surface area (Å²) in [5, 5.41) is 11.2. The van der Waals surface area contributed by atoms with Crippen LogP contribution in [-0.4, -0.2) is 71.9 Å². The molecule has 1 atom stereocenters. The fourth-order valence-electron chi connectivity index (χ4n) is 9.12. The van der Waals surface area contributed by atoms with Crippen LogP contribution in [0.25, 0.3) is 44.3 Å². The topological polar surface area (TPSA) is 112 Å². The van der Waals surface area contributed by atoms with E-state index in [9.17, 15) is 4.79 Å². The number of benzene rings is 1. The molecule has 0 bridgehead atoms. The van der Waals surface area contributed by atoms with Gasteiger partial charge in [0.25, 0.3) is 0 Å². The van der Waals surface area contributed by atoms with Crippen molar-refractivity contribution >= 4 is 28.0 Å². The number of carbonyl (C=O) groups is 1. The molecule has 4 aromatic heterocycles. The first-order chi connectivity index (χ1) is 22.3. The van der Waals surface area contributed by atoms with Gasteiger partial charge in [0.15, 0.2) is 0 Å². The van der Waals surface area contributed by atoms with Gasteiger partial charge in [-0.1, -0.05) is 6.07 Å². The minimum absolute atomic E-state index is 0.0896. The zero-order valence-electron chi connectivity index (χ0n) is 26.2. The molecule has 236 valence electrons. The normalized spacial score (nSPS) is 23.5. The Morgan fingerprint density at radius 2 is 1.87 bits per heavy atom. The van der Waals surface area contributed by atoms with Crippen LogP contribution in [0, 0.1) is 5.41 Å². The minimum atomic E-state index is -0.361. The van der Waals surface area contributed by atoms with E-state index in [1.807, 2.05) is 53.1 Å². The van der Waals surface area contributed by atoms with Crippen molar-refractivity contribution in [2.75, 3.05) is 19.7 Å². The number of hydrogen-bond donors (Lipinski definition) is 1. The molecule has 1 amide bonds. The molecule has 2 aliphatic carbocycles. The first kappa shape index (κ1) is 26.9. The lowest BCUT2D eigenvalue weighted by atomic mass is 9.53. The Balaban J connectivity index is 0.986. The van der Waals surface area contributed by atoms with Crippen LogP contribution in [0.3, 0.4) is 0 Å². The number of ether oxygens (including phenoxy) is 3. The van der Waals surface area contributed by atoms with Gasteiger partial charge in [-0.2, -0.15) is 10.2 Å². The summed E-state index contributed by atoms with van der Waals surface area (Å²) in [7, 11) is 3.91. The van der Waals surface area contributed by atoms with Gasteiger partial charge in [-0.3, -0.25) is 9.36 Å². The average molecular weight is 620 g/mol. The van der Waals surface area contributed by atoms with Crippen molar-refractivity contribution in [1.82, 2.24) is 34.4 Å². The van der Waals surface area contributed by atoms with E-state index in [0.29, 0.717) is 13.2 Å². The van der Waals surface area contributed by atoms with Crippen molar-refractivity contribution in [1.29, 1.82) is 0 Å². The number of carbonyl (C=O) groups excluding carboxylic acids is 1. The molecule has 0 unspecified atom stereocenters. The Labute approximate surface area is 265 Å².